The highest BCUT2D eigenvalue weighted by Crippen LogP contribution is 2.28. The van der Waals surface area contributed by atoms with Crippen molar-refractivity contribution in [3.63, 3.8) is 0 Å². The molecule has 0 unspecified atom stereocenters. The maximum absolute atomic E-state index is 14.2. The van der Waals surface area contributed by atoms with Gasteiger partial charge in [0.2, 0.25) is 11.8 Å². The summed E-state index contributed by atoms with van der Waals surface area (Å²) in [5.74, 6) is -0.773. The predicted molar refractivity (Wildman–Crippen MR) is 161 cm³/mol. The molecule has 0 spiro atoms. The molecule has 0 bridgehead atoms. The fourth-order valence-corrected chi connectivity index (χ4v) is 6.19. The van der Waals surface area contributed by atoms with Crippen molar-refractivity contribution in [2.45, 2.75) is 63.9 Å². The molecule has 40 heavy (non-hydrogen) atoms. The average molecular weight is 584 g/mol. The summed E-state index contributed by atoms with van der Waals surface area (Å²) >= 11 is 6.45. The Morgan fingerprint density at radius 1 is 0.875 bits per heavy atom. The highest BCUT2D eigenvalue weighted by Gasteiger charge is 2.34. The average Bonchev–Trinajstić information content (AvgIpc) is 2.97. The van der Waals surface area contributed by atoms with Gasteiger partial charge in [-0.25, -0.2) is 8.42 Å². The maximum Gasteiger partial charge on any atom is 0.264 e. The second-order valence-electron chi connectivity index (χ2n) is 9.49. The number of hydrogen-bond acceptors (Lipinski definition) is 4. The third kappa shape index (κ3) is 7.64. The molecule has 3 aromatic carbocycles. The number of anilines is 1. The smallest absolute Gasteiger partial charge is 0.264 e. The lowest BCUT2D eigenvalue weighted by atomic mass is 10.1. The van der Waals surface area contributed by atoms with E-state index >= 15 is 0 Å². The van der Waals surface area contributed by atoms with Crippen molar-refractivity contribution in [2.24, 2.45) is 0 Å². The van der Waals surface area contributed by atoms with Crippen LogP contribution >= 0.6 is 11.6 Å². The van der Waals surface area contributed by atoms with Crippen molar-refractivity contribution in [2.75, 3.05) is 17.4 Å². The molecular formula is C31H38ClN3O4S. The summed E-state index contributed by atoms with van der Waals surface area (Å²) in [6.07, 6.45) is 2.66. The number of aryl methyl sites for hydroxylation is 1. The third-order valence-electron chi connectivity index (χ3n) is 6.77. The minimum absolute atomic E-state index is 0.0624. The van der Waals surface area contributed by atoms with Crippen LogP contribution in [0.4, 0.5) is 5.69 Å². The lowest BCUT2D eigenvalue weighted by molar-refractivity contribution is -0.140. The van der Waals surface area contributed by atoms with Crippen LogP contribution in [-0.4, -0.2) is 44.3 Å². The number of halogens is 1. The van der Waals surface area contributed by atoms with E-state index < -0.39 is 28.5 Å². The molecule has 9 heteroatoms. The number of nitrogens with zero attached hydrogens (tertiary/aromatic N) is 2. The number of rotatable bonds is 14. The molecule has 3 aromatic rings. The first kappa shape index (κ1) is 31.2. The van der Waals surface area contributed by atoms with Crippen molar-refractivity contribution >= 4 is 39.1 Å². The number of unbranched alkanes of at least 4 members (excludes halogenated alkanes) is 1. The van der Waals surface area contributed by atoms with Crippen LogP contribution in [0.2, 0.25) is 5.02 Å². The van der Waals surface area contributed by atoms with Gasteiger partial charge in [0.15, 0.2) is 0 Å². The molecule has 0 saturated heterocycles. The van der Waals surface area contributed by atoms with Gasteiger partial charge in [-0.2, -0.15) is 0 Å². The topological polar surface area (TPSA) is 86.8 Å². The van der Waals surface area contributed by atoms with Gasteiger partial charge in [0.1, 0.15) is 12.6 Å². The highest BCUT2D eigenvalue weighted by molar-refractivity contribution is 7.92. The van der Waals surface area contributed by atoms with Crippen LogP contribution in [0.15, 0.2) is 83.8 Å². The second kappa shape index (κ2) is 14.9. The third-order valence-corrected chi connectivity index (χ3v) is 8.91. The zero-order chi connectivity index (χ0) is 29.1. The molecule has 0 aliphatic heterocycles. The van der Waals surface area contributed by atoms with E-state index in [1.165, 1.54) is 17.0 Å². The Balaban J connectivity index is 2.07. The van der Waals surface area contributed by atoms with E-state index in [-0.39, 0.29) is 17.3 Å². The Hall–Kier alpha value is -3.36. The zero-order valence-electron chi connectivity index (χ0n) is 23.3. The Bertz CT molecular complexity index is 1380. The van der Waals surface area contributed by atoms with Gasteiger partial charge in [-0.15, -0.1) is 0 Å². The number of para-hydroxylation sites is 1. The summed E-state index contributed by atoms with van der Waals surface area (Å²) in [5.41, 5.74) is 1.89. The molecule has 7 nitrogen and oxygen atoms in total. The Morgan fingerprint density at radius 2 is 1.50 bits per heavy atom. The molecule has 0 fully saturated rings. The SMILES string of the molecule is CCCCNC(=O)[C@H](CC)N(Cc1ccccc1Cl)C(=O)CN(c1ccccc1CC)S(=O)(=O)c1ccccc1. The first-order chi connectivity index (χ1) is 19.2. The molecule has 0 radical (unpaired) electrons. The van der Waals surface area contributed by atoms with Crippen LogP contribution in [0.1, 0.15) is 51.2 Å². The maximum atomic E-state index is 14.2. The Kier molecular flexibility index (Phi) is 11.6. The van der Waals surface area contributed by atoms with Gasteiger partial charge in [-0.05, 0) is 54.7 Å². The minimum Gasteiger partial charge on any atom is -0.354 e. The summed E-state index contributed by atoms with van der Waals surface area (Å²) in [5, 5.41) is 3.40. The summed E-state index contributed by atoms with van der Waals surface area (Å²) in [6, 6.07) is 21.6. The van der Waals surface area contributed by atoms with Gasteiger partial charge in [0, 0.05) is 18.1 Å². The van der Waals surface area contributed by atoms with Crippen molar-refractivity contribution < 1.29 is 18.0 Å². The molecular weight excluding hydrogens is 546 g/mol. The zero-order valence-corrected chi connectivity index (χ0v) is 24.9. The molecule has 1 atom stereocenters. The van der Waals surface area contributed by atoms with E-state index in [1.807, 2.05) is 39.0 Å². The molecule has 0 aliphatic rings. The van der Waals surface area contributed by atoms with Gasteiger partial charge >= 0.3 is 0 Å². The van der Waals surface area contributed by atoms with E-state index in [9.17, 15) is 18.0 Å². The van der Waals surface area contributed by atoms with Crippen molar-refractivity contribution in [1.82, 2.24) is 10.2 Å². The number of nitrogens with one attached hydrogen (secondary N) is 1. The predicted octanol–water partition coefficient (Wildman–Crippen LogP) is 5.82. The van der Waals surface area contributed by atoms with E-state index in [0.29, 0.717) is 35.7 Å². The van der Waals surface area contributed by atoms with Crippen molar-refractivity contribution in [1.29, 1.82) is 0 Å². The Morgan fingerprint density at radius 3 is 2.12 bits per heavy atom. The van der Waals surface area contributed by atoms with Crippen LogP contribution < -0.4 is 9.62 Å². The van der Waals surface area contributed by atoms with Gasteiger partial charge < -0.3 is 10.2 Å². The molecule has 214 valence electrons. The number of benzene rings is 3. The van der Waals surface area contributed by atoms with E-state index in [1.54, 1.807) is 48.5 Å². The number of carbonyl (C=O) groups is 2. The van der Waals surface area contributed by atoms with Gasteiger partial charge in [-0.1, -0.05) is 93.4 Å². The minimum atomic E-state index is -4.11. The number of hydrogen-bond donors (Lipinski definition) is 1. The van der Waals surface area contributed by atoms with Crippen LogP contribution in [0.3, 0.4) is 0 Å². The summed E-state index contributed by atoms with van der Waals surface area (Å²) in [7, 11) is -4.11. The second-order valence-corrected chi connectivity index (χ2v) is 11.8. The fraction of sp³-hybridized carbons (Fsp3) is 0.355. The van der Waals surface area contributed by atoms with E-state index in [2.05, 4.69) is 5.32 Å². The molecule has 0 heterocycles. The summed E-state index contributed by atoms with van der Waals surface area (Å²) in [4.78, 5) is 29.0. The molecule has 0 aliphatic carbocycles. The molecule has 2 amide bonds. The van der Waals surface area contributed by atoms with Crippen LogP contribution in [0, 0.1) is 0 Å². The monoisotopic (exact) mass is 583 g/mol. The number of sulfonamides is 1. The standard InChI is InChI=1S/C31H38ClN3O4S/c1-4-7-21-33-31(37)28(6-3)34(22-25-16-11-13-19-27(25)32)30(36)23-35(29-20-14-12-15-24(29)5-2)40(38,39)26-17-9-8-10-18-26/h8-20,28H,4-7,21-23H2,1-3H3,(H,33,37)/t28-/m0/s1. The van der Waals surface area contributed by atoms with Crippen molar-refractivity contribution in [3.8, 4) is 0 Å². The van der Waals surface area contributed by atoms with Gasteiger partial charge in [0.05, 0.1) is 10.6 Å². The van der Waals surface area contributed by atoms with Crippen molar-refractivity contribution in [3.05, 3.63) is 95.0 Å². The van der Waals surface area contributed by atoms with Crippen LogP contribution in [0.25, 0.3) is 0 Å². The number of amides is 2. The molecule has 1 N–H and O–H groups in total. The lowest BCUT2D eigenvalue weighted by Gasteiger charge is -2.34. The highest BCUT2D eigenvalue weighted by atomic mass is 35.5. The Labute approximate surface area is 243 Å². The molecule has 0 aromatic heterocycles. The largest absolute Gasteiger partial charge is 0.354 e. The molecule has 3 rings (SSSR count). The van der Waals surface area contributed by atoms with Gasteiger partial charge in [0.25, 0.3) is 10.0 Å². The molecule has 0 saturated carbocycles. The van der Waals surface area contributed by atoms with Gasteiger partial charge in [-0.3, -0.25) is 13.9 Å². The fourth-order valence-electron chi connectivity index (χ4n) is 4.52. The lowest BCUT2D eigenvalue weighted by Crippen LogP contribution is -2.52. The normalized spacial score (nSPS) is 12.0. The summed E-state index contributed by atoms with van der Waals surface area (Å²) in [6.45, 7) is 5.89. The van der Waals surface area contributed by atoms with Crippen LogP contribution in [0.5, 0.6) is 0 Å². The van der Waals surface area contributed by atoms with E-state index in [4.69, 9.17) is 11.6 Å². The quantitative estimate of drug-likeness (QED) is 0.242. The van der Waals surface area contributed by atoms with Crippen LogP contribution in [-0.2, 0) is 32.6 Å². The first-order valence-corrected chi connectivity index (χ1v) is 15.5. The first-order valence-electron chi connectivity index (χ1n) is 13.7. The van der Waals surface area contributed by atoms with E-state index in [0.717, 1.165) is 22.7 Å². The number of carbonyl (C=O) groups excluding carboxylic acids is 2. The summed E-state index contributed by atoms with van der Waals surface area (Å²) < 4.78 is 29.1.